The minimum Gasteiger partial charge on any atom is -0.360 e. The number of hydrogen-bond acceptors (Lipinski definition) is 2. The van der Waals surface area contributed by atoms with Gasteiger partial charge in [0.2, 0.25) is 0 Å². The summed E-state index contributed by atoms with van der Waals surface area (Å²) in [6, 6.07) is 19.0. The summed E-state index contributed by atoms with van der Waals surface area (Å²) in [5.41, 5.74) is 3.74. The van der Waals surface area contributed by atoms with Crippen LogP contribution in [0.25, 0.3) is 16.5 Å². The number of hydrogen-bond donors (Lipinski definition) is 2. The molecule has 2 heterocycles. The normalized spacial score (nSPS) is 18.9. The highest BCUT2D eigenvalue weighted by Gasteiger charge is 2.18. The van der Waals surface area contributed by atoms with Gasteiger partial charge < -0.3 is 10.3 Å². The van der Waals surface area contributed by atoms with Gasteiger partial charge in [-0.05, 0) is 30.0 Å². The van der Waals surface area contributed by atoms with Gasteiger partial charge in [-0.15, -0.1) is 0 Å². The number of nitrogens with one attached hydrogen (secondary N) is 2. The van der Waals surface area contributed by atoms with Gasteiger partial charge in [0.1, 0.15) is 0 Å². The molecule has 3 aromatic rings. The molecule has 3 nitrogen and oxygen atoms in total. The lowest BCUT2D eigenvalue weighted by molar-refractivity contribution is 0.522. The van der Waals surface area contributed by atoms with Gasteiger partial charge in [-0.3, -0.25) is 4.21 Å². The molecule has 2 aromatic carbocycles. The van der Waals surface area contributed by atoms with Crippen LogP contribution in [0.2, 0.25) is 0 Å². The van der Waals surface area contributed by atoms with E-state index in [1.165, 1.54) is 11.1 Å². The fourth-order valence-electron chi connectivity index (χ4n) is 3.45. The van der Waals surface area contributed by atoms with E-state index in [-0.39, 0.29) is 0 Å². The molecule has 1 aromatic heterocycles. The van der Waals surface area contributed by atoms with Gasteiger partial charge in [-0.1, -0.05) is 54.6 Å². The zero-order valence-corrected chi connectivity index (χ0v) is 14.9. The second-order valence-electron chi connectivity index (χ2n) is 6.44. The monoisotopic (exact) mass is 350 g/mol. The van der Waals surface area contributed by atoms with Gasteiger partial charge in [0, 0.05) is 35.4 Å². The van der Waals surface area contributed by atoms with Crippen molar-refractivity contribution in [1.82, 2.24) is 10.3 Å². The lowest BCUT2D eigenvalue weighted by Gasteiger charge is -2.24. The van der Waals surface area contributed by atoms with Crippen molar-refractivity contribution in [1.29, 1.82) is 0 Å². The average Bonchev–Trinajstić information content (AvgIpc) is 3.11. The van der Waals surface area contributed by atoms with Gasteiger partial charge in [0.05, 0.1) is 15.7 Å². The highest BCUT2D eigenvalue weighted by atomic mass is 32.2. The van der Waals surface area contributed by atoms with E-state index in [9.17, 15) is 4.21 Å². The molecule has 128 valence electrons. The molecule has 4 rings (SSSR count). The molecule has 0 fully saturated rings. The molecule has 4 heteroatoms. The van der Waals surface area contributed by atoms with Gasteiger partial charge in [0.25, 0.3) is 0 Å². The summed E-state index contributed by atoms with van der Waals surface area (Å²) in [5, 5.41) is 4.61. The summed E-state index contributed by atoms with van der Waals surface area (Å²) < 4.78 is 12.8. The van der Waals surface area contributed by atoms with Crippen LogP contribution in [-0.2, 0) is 10.8 Å². The third-order valence-electron chi connectivity index (χ3n) is 4.81. The third kappa shape index (κ3) is 3.60. The Hall–Kier alpha value is -2.17. The van der Waals surface area contributed by atoms with Crippen molar-refractivity contribution in [3.8, 4) is 0 Å². The van der Waals surface area contributed by atoms with Gasteiger partial charge in [-0.25, -0.2) is 0 Å². The van der Waals surface area contributed by atoms with Gasteiger partial charge in [0.15, 0.2) is 0 Å². The Morgan fingerprint density at radius 3 is 2.72 bits per heavy atom. The zero-order chi connectivity index (χ0) is 17.1. The maximum absolute atomic E-state index is 12.8. The van der Waals surface area contributed by atoms with Crippen LogP contribution in [0, 0.1) is 0 Å². The number of benzene rings is 2. The molecule has 0 radical (unpaired) electrons. The van der Waals surface area contributed by atoms with Crippen LogP contribution in [0.15, 0.2) is 71.8 Å². The lowest BCUT2D eigenvalue weighted by atomic mass is 9.94. The van der Waals surface area contributed by atoms with Crippen LogP contribution in [0.3, 0.4) is 0 Å². The molecule has 0 aliphatic carbocycles. The Kier molecular flexibility index (Phi) is 4.81. The Labute approximate surface area is 150 Å². The summed E-state index contributed by atoms with van der Waals surface area (Å²) >= 11 is 0. The molecule has 0 saturated heterocycles. The Balaban J connectivity index is 1.40. The first kappa shape index (κ1) is 16.3. The second-order valence-corrected chi connectivity index (χ2v) is 7.98. The average molecular weight is 350 g/mol. The van der Waals surface area contributed by atoms with Crippen LogP contribution in [0.4, 0.5) is 0 Å². The Bertz CT molecular complexity index is 914. The van der Waals surface area contributed by atoms with Crippen molar-refractivity contribution in [3.05, 3.63) is 72.4 Å². The van der Waals surface area contributed by atoms with Crippen molar-refractivity contribution >= 4 is 27.3 Å². The van der Waals surface area contributed by atoms with E-state index < -0.39 is 10.8 Å². The molecule has 0 spiro atoms. The first-order chi connectivity index (χ1) is 12.3. The smallest absolute Gasteiger partial charge is 0.0641 e. The molecule has 25 heavy (non-hydrogen) atoms. The zero-order valence-electron chi connectivity index (χ0n) is 14.1. The van der Waals surface area contributed by atoms with Crippen LogP contribution in [-0.4, -0.2) is 27.5 Å². The van der Waals surface area contributed by atoms with Crippen LogP contribution in [0.1, 0.15) is 18.4 Å². The topological polar surface area (TPSA) is 44.9 Å². The van der Waals surface area contributed by atoms with E-state index >= 15 is 0 Å². The summed E-state index contributed by atoms with van der Waals surface area (Å²) in [4.78, 5) is 4.14. The molecule has 2 unspecified atom stereocenters. The molecule has 2 N–H and O–H groups in total. The highest BCUT2D eigenvalue weighted by molar-refractivity contribution is 7.85. The number of para-hydroxylation sites is 1. The minimum absolute atomic E-state index is 0.384. The van der Waals surface area contributed by atoms with E-state index in [0.29, 0.717) is 11.8 Å². The molecule has 0 bridgehead atoms. The first-order valence-electron chi connectivity index (χ1n) is 8.73. The predicted molar refractivity (Wildman–Crippen MR) is 105 cm³/mol. The van der Waals surface area contributed by atoms with Crippen LogP contribution in [0.5, 0.6) is 0 Å². The van der Waals surface area contributed by atoms with Crippen molar-refractivity contribution in [3.63, 3.8) is 0 Å². The summed E-state index contributed by atoms with van der Waals surface area (Å²) in [5.74, 6) is 0.682. The van der Waals surface area contributed by atoms with Gasteiger partial charge >= 0.3 is 0 Å². The standard InChI is InChI=1S/C21H22N2OS/c24-25(21-15-23-20-9-5-4-8-19(20)21)13-11-18-14-17(10-12-22-18)16-6-2-1-3-7-16/h1-10,15,18,22-23H,11-14H2. The second kappa shape index (κ2) is 7.38. The van der Waals surface area contributed by atoms with E-state index in [4.69, 9.17) is 0 Å². The Morgan fingerprint density at radius 1 is 1.04 bits per heavy atom. The number of rotatable bonds is 5. The van der Waals surface area contributed by atoms with E-state index in [0.717, 1.165) is 35.2 Å². The summed E-state index contributed by atoms with van der Waals surface area (Å²) in [7, 11) is -0.975. The van der Waals surface area contributed by atoms with Crippen molar-refractivity contribution in [2.75, 3.05) is 12.3 Å². The minimum atomic E-state index is -0.975. The fraction of sp³-hybridized carbons (Fsp3) is 0.238. The molecule has 0 saturated carbocycles. The largest absolute Gasteiger partial charge is 0.360 e. The Morgan fingerprint density at radius 2 is 1.84 bits per heavy atom. The number of aromatic nitrogens is 1. The molecule has 1 aliphatic rings. The summed E-state index contributed by atoms with van der Waals surface area (Å²) in [6.45, 7) is 0.884. The fourth-order valence-corrected chi connectivity index (χ4v) is 4.79. The van der Waals surface area contributed by atoms with Crippen molar-refractivity contribution in [2.45, 2.75) is 23.8 Å². The predicted octanol–water partition coefficient (Wildman–Crippen LogP) is 4.11. The van der Waals surface area contributed by atoms with Crippen molar-refractivity contribution < 1.29 is 4.21 Å². The molecule has 1 aliphatic heterocycles. The number of aromatic amines is 1. The lowest BCUT2D eigenvalue weighted by Crippen LogP contribution is -2.34. The van der Waals surface area contributed by atoms with Crippen molar-refractivity contribution in [2.24, 2.45) is 0 Å². The molecule has 0 amide bonds. The maximum Gasteiger partial charge on any atom is 0.0641 e. The molecule has 2 atom stereocenters. The third-order valence-corrected chi connectivity index (χ3v) is 6.25. The first-order valence-corrected chi connectivity index (χ1v) is 10.1. The van der Waals surface area contributed by atoms with E-state index in [1.807, 2.05) is 36.5 Å². The summed E-state index contributed by atoms with van der Waals surface area (Å²) in [6.07, 6.45) is 6.07. The molecular formula is C21H22N2OS. The van der Waals surface area contributed by atoms with E-state index in [1.54, 1.807) is 0 Å². The van der Waals surface area contributed by atoms with Crippen LogP contribution < -0.4 is 5.32 Å². The number of H-pyrrole nitrogens is 1. The highest BCUT2D eigenvalue weighted by Crippen LogP contribution is 2.25. The quantitative estimate of drug-likeness (QED) is 0.727. The van der Waals surface area contributed by atoms with Crippen LogP contribution >= 0.6 is 0 Å². The van der Waals surface area contributed by atoms with Gasteiger partial charge in [-0.2, -0.15) is 0 Å². The maximum atomic E-state index is 12.8. The number of fused-ring (bicyclic) bond motifs is 1. The SMILES string of the molecule is O=S(CCC1CC(c2ccccc2)=CCN1)c1c[nH]c2ccccc12. The van der Waals surface area contributed by atoms with E-state index in [2.05, 4.69) is 40.6 Å². The molecular weight excluding hydrogens is 328 g/mol.